The van der Waals surface area contributed by atoms with Crippen LogP contribution in [-0.4, -0.2) is 20.4 Å². The highest BCUT2D eigenvalue weighted by Crippen LogP contribution is 2.14. The van der Waals surface area contributed by atoms with Crippen molar-refractivity contribution in [1.82, 2.24) is 4.72 Å². The van der Waals surface area contributed by atoms with E-state index in [4.69, 9.17) is 0 Å². The number of carbonyl (C=O) groups excluding carboxylic acids is 1. The van der Waals surface area contributed by atoms with Crippen molar-refractivity contribution in [3.8, 4) is 0 Å². The molecule has 110 valence electrons. The van der Waals surface area contributed by atoms with E-state index >= 15 is 0 Å². The summed E-state index contributed by atoms with van der Waals surface area (Å²) in [5.41, 5.74) is 1.44. The first-order valence-corrected chi connectivity index (χ1v) is 7.77. The number of rotatable bonds is 5. The molecule has 0 aromatic heterocycles. The number of allylic oxidation sites excluding steroid dienone is 1. The normalized spacial score (nSPS) is 11.2. The van der Waals surface area contributed by atoms with Crippen molar-refractivity contribution in [3.63, 3.8) is 0 Å². The molecule has 0 heterocycles. The molecule has 1 aromatic carbocycles. The Bertz CT molecular complexity index is 598. The number of sulfonamides is 1. The maximum Gasteiger partial charge on any atom is 0.248 e. The Hall–Kier alpha value is -1.66. The molecule has 1 rings (SSSR count). The molecular weight excluding hydrogens is 276 g/mol. The SMILES string of the molecule is CC(C)=CC(=O)Nc1ccc(S(=O)(=O)NC(C)C)cc1. The topological polar surface area (TPSA) is 75.3 Å². The highest BCUT2D eigenvalue weighted by atomic mass is 32.2. The minimum atomic E-state index is -3.50. The molecule has 5 nitrogen and oxygen atoms in total. The molecule has 2 N–H and O–H groups in total. The maximum absolute atomic E-state index is 11.9. The van der Waals surface area contributed by atoms with Crippen LogP contribution in [0.3, 0.4) is 0 Å². The number of amides is 1. The van der Waals surface area contributed by atoms with Gasteiger partial charge in [-0.2, -0.15) is 0 Å². The van der Waals surface area contributed by atoms with Gasteiger partial charge in [0.2, 0.25) is 15.9 Å². The summed E-state index contributed by atoms with van der Waals surface area (Å²) in [6.45, 7) is 7.16. The van der Waals surface area contributed by atoms with Crippen molar-refractivity contribution in [2.24, 2.45) is 0 Å². The van der Waals surface area contributed by atoms with Crippen LogP contribution in [-0.2, 0) is 14.8 Å². The third kappa shape index (κ3) is 5.14. The summed E-state index contributed by atoms with van der Waals surface area (Å²) in [7, 11) is -3.50. The third-order valence-electron chi connectivity index (χ3n) is 2.24. The number of hydrogen-bond donors (Lipinski definition) is 2. The van der Waals surface area contributed by atoms with Gasteiger partial charge in [-0.1, -0.05) is 5.57 Å². The Morgan fingerprint density at radius 2 is 1.70 bits per heavy atom. The summed E-state index contributed by atoms with van der Waals surface area (Å²) < 4.78 is 26.3. The first kappa shape index (κ1) is 16.4. The van der Waals surface area contributed by atoms with Crippen LogP contribution in [0.1, 0.15) is 27.7 Å². The van der Waals surface area contributed by atoms with Gasteiger partial charge in [0.25, 0.3) is 0 Å². The Morgan fingerprint density at radius 1 is 1.15 bits per heavy atom. The molecule has 6 heteroatoms. The minimum absolute atomic E-state index is 0.169. The summed E-state index contributed by atoms with van der Waals surface area (Å²) in [5, 5.41) is 2.66. The van der Waals surface area contributed by atoms with E-state index in [2.05, 4.69) is 10.0 Å². The summed E-state index contributed by atoms with van der Waals surface area (Å²) in [5.74, 6) is -0.235. The zero-order chi connectivity index (χ0) is 15.3. The first-order valence-electron chi connectivity index (χ1n) is 6.29. The molecule has 1 aromatic rings. The molecule has 0 radical (unpaired) electrons. The Kier molecular flexibility index (Phi) is 5.47. The van der Waals surface area contributed by atoms with Crippen molar-refractivity contribution in [1.29, 1.82) is 0 Å². The average molecular weight is 296 g/mol. The summed E-state index contributed by atoms with van der Waals surface area (Å²) in [4.78, 5) is 11.7. The van der Waals surface area contributed by atoms with E-state index in [1.807, 2.05) is 13.8 Å². The van der Waals surface area contributed by atoms with Crippen LogP contribution in [0.15, 0.2) is 40.8 Å². The molecular formula is C14H20N2O3S. The lowest BCUT2D eigenvalue weighted by Crippen LogP contribution is -2.30. The van der Waals surface area contributed by atoms with Gasteiger partial charge in [-0.05, 0) is 52.0 Å². The molecule has 0 saturated heterocycles. The van der Waals surface area contributed by atoms with Gasteiger partial charge in [0, 0.05) is 17.8 Å². The van der Waals surface area contributed by atoms with E-state index in [1.54, 1.807) is 26.0 Å². The molecule has 20 heavy (non-hydrogen) atoms. The van der Waals surface area contributed by atoms with Crippen LogP contribution in [0.4, 0.5) is 5.69 Å². The van der Waals surface area contributed by atoms with Gasteiger partial charge in [-0.15, -0.1) is 0 Å². The van der Waals surface area contributed by atoms with Gasteiger partial charge in [0.1, 0.15) is 0 Å². The van der Waals surface area contributed by atoms with Crippen molar-refractivity contribution < 1.29 is 13.2 Å². The lowest BCUT2D eigenvalue weighted by atomic mass is 10.3. The first-order chi connectivity index (χ1) is 9.20. The van der Waals surface area contributed by atoms with Gasteiger partial charge < -0.3 is 5.32 Å². The second-order valence-electron chi connectivity index (χ2n) is 5.01. The van der Waals surface area contributed by atoms with Crippen LogP contribution in [0.2, 0.25) is 0 Å². The highest BCUT2D eigenvalue weighted by molar-refractivity contribution is 7.89. The fourth-order valence-corrected chi connectivity index (χ4v) is 2.79. The van der Waals surface area contributed by atoms with Crippen molar-refractivity contribution in [2.75, 3.05) is 5.32 Å². The van der Waals surface area contributed by atoms with Crippen molar-refractivity contribution >= 4 is 21.6 Å². The van der Waals surface area contributed by atoms with Gasteiger partial charge in [0.05, 0.1) is 4.90 Å². The molecule has 0 bridgehead atoms. The van der Waals surface area contributed by atoms with Gasteiger partial charge in [-0.3, -0.25) is 4.79 Å². The molecule has 0 aliphatic carbocycles. The zero-order valence-electron chi connectivity index (χ0n) is 12.1. The van der Waals surface area contributed by atoms with Gasteiger partial charge in [-0.25, -0.2) is 13.1 Å². The van der Waals surface area contributed by atoms with Crippen LogP contribution in [0, 0.1) is 0 Å². The molecule has 0 fully saturated rings. The van der Waals surface area contributed by atoms with Crippen molar-refractivity contribution in [2.45, 2.75) is 38.6 Å². The van der Waals surface area contributed by atoms with Gasteiger partial charge >= 0.3 is 0 Å². The maximum atomic E-state index is 11.9. The number of benzene rings is 1. The molecule has 0 saturated carbocycles. The van der Waals surface area contributed by atoms with E-state index in [0.717, 1.165) is 5.57 Å². The summed E-state index contributed by atoms with van der Waals surface area (Å²) >= 11 is 0. The van der Waals surface area contributed by atoms with Crippen LogP contribution < -0.4 is 10.0 Å². The van der Waals surface area contributed by atoms with E-state index in [0.29, 0.717) is 5.69 Å². The fourth-order valence-electron chi connectivity index (χ4n) is 1.54. The van der Waals surface area contributed by atoms with Crippen molar-refractivity contribution in [3.05, 3.63) is 35.9 Å². The Morgan fingerprint density at radius 3 is 2.15 bits per heavy atom. The minimum Gasteiger partial charge on any atom is -0.323 e. The van der Waals surface area contributed by atoms with E-state index in [-0.39, 0.29) is 16.8 Å². The van der Waals surface area contributed by atoms with E-state index in [9.17, 15) is 13.2 Å². The molecule has 0 spiro atoms. The fraction of sp³-hybridized carbons (Fsp3) is 0.357. The third-order valence-corrected chi connectivity index (χ3v) is 3.92. The monoisotopic (exact) mass is 296 g/mol. The molecule has 0 aliphatic rings. The molecule has 0 aliphatic heterocycles. The molecule has 0 unspecified atom stereocenters. The Labute approximate surface area is 120 Å². The van der Waals surface area contributed by atoms with E-state index < -0.39 is 10.0 Å². The number of hydrogen-bond acceptors (Lipinski definition) is 3. The number of anilines is 1. The molecule has 0 atom stereocenters. The predicted octanol–water partition coefficient (Wildman–Crippen LogP) is 2.28. The van der Waals surface area contributed by atoms with Crippen LogP contribution in [0.25, 0.3) is 0 Å². The van der Waals surface area contributed by atoms with Crippen LogP contribution >= 0.6 is 0 Å². The average Bonchev–Trinajstić information content (AvgIpc) is 2.26. The predicted molar refractivity (Wildman–Crippen MR) is 80.0 cm³/mol. The van der Waals surface area contributed by atoms with Gasteiger partial charge in [0.15, 0.2) is 0 Å². The summed E-state index contributed by atoms with van der Waals surface area (Å²) in [6.07, 6.45) is 1.48. The Balaban J connectivity index is 2.84. The molecule has 1 amide bonds. The smallest absolute Gasteiger partial charge is 0.248 e. The van der Waals surface area contributed by atoms with E-state index in [1.165, 1.54) is 18.2 Å². The standard InChI is InChI=1S/C14H20N2O3S/c1-10(2)9-14(17)15-12-5-7-13(8-6-12)20(18,19)16-11(3)4/h5-9,11,16H,1-4H3,(H,15,17). The second kappa shape index (κ2) is 6.67. The largest absolute Gasteiger partial charge is 0.323 e. The van der Waals surface area contributed by atoms with Crippen LogP contribution in [0.5, 0.6) is 0 Å². The zero-order valence-corrected chi connectivity index (χ0v) is 12.9. The second-order valence-corrected chi connectivity index (χ2v) is 6.73. The quantitative estimate of drug-likeness (QED) is 0.819. The summed E-state index contributed by atoms with van der Waals surface area (Å²) in [6, 6.07) is 5.88. The highest BCUT2D eigenvalue weighted by Gasteiger charge is 2.14. The number of carbonyl (C=O) groups is 1. The lowest BCUT2D eigenvalue weighted by Gasteiger charge is -2.10. The number of nitrogens with one attached hydrogen (secondary N) is 2. The lowest BCUT2D eigenvalue weighted by molar-refractivity contribution is -0.111.